The van der Waals surface area contributed by atoms with Crippen LogP contribution in [0, 0.1) is 0 Å². The van der Waals surface area contributed by atoms with Crippen LogP contribution in [0.5, 0.6) is 5.75 Å². The predicted octanol–water partition coefficient (Wildman–Crippen LogP) is 5.65. The fourth-order valence-corrected chi connectivity index (χ4v) is 3.45. The van der Waals surface area contributed by atoms with Gasteiger partial charge in [0.1, 0.15) is 12.1 Å². The van der Waals surface area contributed by atoms with Gasteiger partial charge in [0.25, 0.3) is 0 Å². The third-order valence-electron chi connectivity index (χ3n) is 4.70. The number of nitrogens with one attached hydrogen (secondary N) is 1. The molecule has 0 unspecified atom stereocenters. The van der Waals surface area contributed by atoms with Crippen LogP contribution >= 0.6 is 11.6 Å². The molecule has 0 aliphatic heterocycles. The van der Waals surface area contributed by atoms with E-state index in [0.717, 1.165) is 27.8 Å². The van der Waals surface area contributed by atoms with Crippen LogP contribution in [0.2, 0.25) is 23.2 Å². The predicted molar refractivity (Wildman–Crippen MR) is 104 cm³/mol. The summed E-state index contributed by atoms with van der Waals surface area (Å²) < 4.78 is 12.2. The van der Waals surface area contributed by atoms with Crippen LogP contribution in [-0.2, 0) is 4.43 Å². The Hall–Kier alpha value is -1.30. The van der Waals surface area contributed by atoms with Crippen molar-refractivity contribution in [2.45, 2.75) is 45.8 Å². The summed E-state index contributed by atoms with van der Waals surface area (Å²) in [4.78, 5) is 0. The quantitative estimate of drug-likeness (QED) is 0.530. The Bertz CT molecular complexity index is 747. The van der Waals surface area contributed by atoms with E-state index in [1.807, 2.05) is 13.0 Å². The highest BCUT2D eigenvalue weighted by Gasteiger charge is 2.36. The summed E-state index contributed by atoms with van der Waals surface area (Å²) in [7, 11) is -1.77. The Balaban J connectivity index is 2.16. The van der Waals surface area contributed by atoms with E-state index >= 15 is 0 Å². The van der Waals surface area contributed by atoms with Gasteiger partial charge < -0.3 is 9.16 Å². The monoisotopic (exact) mass is 366 g/mol. The van der Waals surface area contributed by atoms with Crippen LogP contribution < -0.4 is 4.74 Å². The van der Waals surface area contributed by atoms with Gasteiger partial charge in [0.2, 0.25) is 0 Å². The number of rotatable bonds is 6. The van der Waals surface area contributed by atoms with Crippen LogP contribution in [0.3, 0.4) is 0 Å². The molecular formula is C18H27ClN2O2Si. The van der Waals surface area contributed by atoms with Crippen LogP contribution in [0.15, 0.2) is 18.8 Å². The van der Waals surface area contributed by atoms with Gasteiger partial charge in [-0.05, 0) is 36.7 Å². The zero-order valence-corrected chi connectivity index (χ0v) is 17.2. The third kappa shape index (κ3) is 3.85. The van der Waals surface area contributed by atoms with E-state index < -0.39 is 8.32 Å². The molecule has 1 aromatic carbocycles. The van der Waals surface area contributed by atoms with Crippen LogP contribution in [-0.4, -0.2) is 31.7 Å². The minimum absolute atomic E-state index is 0.187. The van der Waals surface area contributed by atoms with Gasteiger partial charge in [-0.3, -0.25) is 5.10 Å². The van der Waals surface area contributed by atoms with Gasteiger partial charge in [-0.25, -0.2) is 0 Å². The van der Waals surface area contributed by atoms with Gasteiger partial charge in [0, 0.05) is 10.9 Å². The highest BCUT2D eigenvalue weighted by Crippen LogP contribution is 2.38. The van der Waals surface area contributed by atoms with Crippen molar-refractivity contribution in [3.63, 3.8) is 0 Å². The molecule has 0 saturated carbocycles. The lowest BCUT2D eigenvalue weighted by atomic mass is 10.1. The molecule has 6 heteroatoms. The molecule has 0 spiro atoms. The molecule has 2 aromatic rings. The summed E-state index contributed by atoms with van der Waals surface area (Å²) in [6, 6.07) is 1.88. The topological polar surface area (TPSA) is 47.1 Å². The molecule has 1 N–H and O–H groups in total. The molecule has 0 saturated heterocycles. The number of benzene rings is 1. The largest absolute Gasteiger partial charge is 0.488 e. The number of aromatic nitrogens is 2. The Morgan fingerprint density at radius 1 is 1.33 bits per heavy atom. The van der Waals surface area contributed by atoms with E-state index in [0.29, 0.717) is 18.2 Å². The van der Waals surface area contributed by atoms with Crippen LogP contribution in [0.4, 0.5) is 0 Å². The molecule has 1 heterocycles. The van der Waals surface area contributed by atoms with E-state index in [-0.39, 0.29) is 5.04 Å². The van der Waals surface area contributed by atoms with Gasteiger partial charge in [0.15, 0.2) is 14.1 Å². The van der Waals surface area contributed by atoms with Crippen molar-refractivity contribution >= 4 is 36.4 Å². The molecule has 2 rings (SSSR count). The summed E-state index contributed by atoms with van der Waals surface area (Å²) in [6.07, 6.45) is 1.71. The van der Waals surface area contributed by atoms with E-state index in [1.54, 1.807) is 6.20 Å². The van der Waals surface area contributed by atoms with Crippen molar-refractivity contribution in [2.24, 2.45) is 0 Å². The molecule has 0 fully saturated rings. The minimum atomic E-state index is -1.77. The number of aromatic amines is 1. The van der Waals surface area contributed by atoms with Gasteiger partial charge in [-0.15, -0.1) is 0 Å². The van der Waals surface area contributed by atoms with Crippen molar-refractivity contribution in [3.05, 3.63) is 29.4 Å². The first-order valence-electron chi connectivity index (χ1n) is 8.13. The molecule has 4 nitrogen and oxygen atoms in total. The Morgan fingerprint density at radius 2 is 2.00 bits per heavy atom. The second kappa shape index (κ2) is 6.90. The maximum absolute atomic E-state index is 6.32. The first-order valence-corrected chi connectivity index (χ1v) is 11.4. The maximum atomic E-state index is 6.32. The summed E-state index contributed by atoms with van der Waals surface area (Å²) in [5, 5.41) is 8.73. The second-order valence-corrected chi connectivity index (χ2v) is 12.8. The number of hydrogen-bond acceptors (Lipinski definition) is 3. The summed E-state index contributed by atoms with van der Waals surface area (Å²) in [5.74, 6) is 0.734. The fraction of sp³-hybridized carbons (Fsp3) is 0.500. The van der Waals surface area contributed by atoms with Gasteiger partial charge in [-0.1, -0.05) is 39.0 Å². The van der Waals surface area contributed by atoms with Crippen LogP contribution in [0.1, 0.15) is 33.3 Å². The molecule has 0 bridgehead atoms. The molecule has 0 atom stereocenters. The molecule has 1 aromatic heterocycles. The number of fused-ring (bicyclic) bond motifs is 1. The molecule has 0 radical (unpaired) electrons. The molecule has 0 aliphatic carbocycles. The Labute approximate surface area is 150 Å². The summed E-state index contributed by atoms with van der Waals surface area (Å²) >= 11 is 6.32. The fourth-order valence-electron chi connectivity index (χ4n) is 2.17. The number of halogens is 1. The van der Waals surface area contributed by atoms with Crippen molar-refractivity contribution in [1.29, 1.82) is 0 Å². The van der Waals surface area contributed by atoms with Crippen LogP contribution in [0.25, 0.3) is 16.5 Å². The number of allylic oxidation sites excluding steroid dienone is 1. The molecule has 0 amide bonds. The van der Waals surface area contributed by atoms with Crippen molar-refractivity contribution in [2.75, 3.05) is 13.2 Å². The average Bonchev–Trinajstić information content (AvgIpc) is 2.93. The SMILES string of the molecule is C=C(C)c1cc(Cl)c2cn[nH]c2c1OCCO[Si](C)(C)C(C)(C)C. The number of nitrogens with zero attached hydrogens (tertiary/aromatic N) is 1. The first-order chi connectivity index (χ1) is 11.0. The van der Waals surface area contributed by atoms with Gasteiger partial charge in [0.05, 0.1) is 17.8 Å². The van der Waals surface area contributed by atoms with E-state index in [2.05, 4.69) is 50.6 Å². The van der Waals surface area contributed by atoms with Gasteiger partial charge >= 0.3 is 0 Å². The minimum Gasteiger partial charge on any atom is -0.488 e. The first kappa shape index (κ1) is 19.0. The lowest BCUT2D eigenvalue weighted by Crippen LogP contribution is -2.41. The highest BCUT2D eigenvalue weighted by molar-refractivity contribution is 6.74. The second-order valence-electron chi connectivity index (χ2n) is 7.63. The van der Waals surface area contributed by atoms with E-state index in [4.69, 9.17) is 20.8 Å². The molecular weight excluding hydrogens is 340 g/mol. The lowest BCUT2D eigenvalue weighted by Gasteiger charge is -2.36. The van der Waals surface area contributed by atoms with E-state index in [9.17, 15) is 0 Å². The number of hydrogen-bond donors (Lipinski definition) is 1. The van der Waals surface area contributed by atoms with Crippen molar-refractivity contribution in [3.8, 4) is 5.75 Å². The lowest BCUT2D eigenvalue weighted by molar-refractivity contribution is 0.204. The zero-order valence-electron chi connectivity index (χ0n) is 15.4. The maximum Gasteiger partial charge on any atom is 0.192 e. The number of H-pyrrole nitrogens is 1. The normalized spacial score (nSPS) is 12.6. The smallest absolute Gasteiger partial charge is 0.192 e. The average molecular weight is 367 g/mol. The Morgan fingerprint density at radius 3 is 2.58 bits per heavy atom. The molecule has 0 aliphatic rings. The van der Waals surface area contributed by atoms with Gasteiger partial charge in [-0.2, -0.15) is 5.10 Å². The van der Waals surface area contributed by atoms with Crippen molar-refractivity contribution < 1.29 is 9.16 Å². The summed E-state index contributed by atoms with van der Waals surface area (Å²) in [5.41, 5.74) is 2.59. The van der Waals surface area contributed by atoms with Crippen molar-refractivity contribution in [1.82, 2.24) is 10.2 Å². The molecule has 24 heavy (non-hydrogen) atoms. The summed E-state index contributed by atoms with van der Waals surface area (Å²) in [6.45, 7) is 18.2. The standard InChI is InChI=1S/C18H27ClN2O2Si/c1-12(2)13-10-15(19)14-11-20-21-16(14)17(13)22-8-9-23-24(6,7)18(3,4)5/h10-11H,1,8-9H2,2-7H3,(H,20,21). The zero-order chi connectivity index (χ0) is 18.1. The third-order valence-corrected chi connectivity index (χ3v) is 9.55. The Kier molecular flexibility index (Phi) is 5.47. The number of ether oxygens (including phenoxy) is 1. The highest BCUT2D eigenvalue weighted by atomic mass is 35.5. The van der Waals surface area contributed by atoms with E-state index in [1.165, 1.54) is 0 Å². The molecule has 132 valence electrons.